The first kappa shape index (κ1) is 16.2. The van der Waals surface area contributed by atoms with Gasteiger partial charge in [-0.3, -0.25) is 4.98 Å². The van der Waals surface area contributed by atoms with Gasteiger partial charge in [0.1, 0.15) is 0 Å². The summed E-state index contributed by atoms with van der Waals surface area (Å²) in [6.07, 6.45) is 5.60. The minimum Gasteiger partial charge on any atom is -0.376 e. The number of ether oxygens (including phenoxy) is 1. The molecule has 1 N–H and O–H groups in total. The average molecular weight is 291 g/mol. The van der Waals surface area contributed by atoms with Crippen LogP contribution in [0.2, 0.25) is 0 Å². The highest BCUT2D eigenvalue weighted by molar-refractivity contribution is 5.45. The van der Waals surface area contributed by atoms with Crippen LogP contribution in [0, 0.1) is 0 Å². The number of hydrogen-bond acceptors (Lipinski definition) is 4. The lowest BCUT2D eigenvalue weighted by molar-refractivity contribution is 0.118. The maximum absolute atomic E-state index is 5.66. The molecule has 2 heterocycles. The Morgan fingerprint density at radius 2 is 2.24 bits per heavy atom. The Labute approximate surface area is 128 Å². The van der Waals surface area contributed by atoms with Crippen molar-refractivity contribution in [1.82, 2.24) is 10.3 Å². The van der Waals surface area contributed by atoms with E-state index in [1.165, 1.54) is 5.69 Å². The third-order valence-corrected chi connectivity index (χ3v) is 4.42. The zero-order valence-corrected chi connectivity index (χ0v) is 13.8. The maximum atomic E-state index is 5.66. The van der Waals surface area contributed by atoms with Crippen molar-refractivity contribution in [2.75, 3.05) is 25.1 Å². The van der Waals surface area contributed by atoms with E-state index in [9.17, 15) is 0 Å². The summed E-state index contributed by atoms with van der Waals surface area (Å²) >= 11 is 0. The van der Waals surface area contributed by atoms with E-state index in [0.717, 1.165) is 38.1 Å². The van der Waals surface area contributed by atoms with Gasteiger partial charge in [-0.25, -0.2) is 0 Å². The molecule has 0 amide bonds. The number of anilines is 1. The number of hydrogen-bond donors (Lipinski definition) is 1. The lowest BCUT2D eigenvalue weighted by atomic mass is 10.1. The summed E-state index contributed by atoms with van der Waals surface area (Å²) in [5.74, 6) is 0. The first-order valence-corrected chi connectivity index (χ1v) is 8.21. The second kappa shape index (κ2) is 7.76. The molecule has 1 aromatic rings. The molecule has 1 saturated heterocycles. The van der Waals surface area contributed by atoms with Crippen molar-refractivity contribution in [1.29, 1.82) is 0 Å². The molecule has 0 radical (unpaired) electrons. The Hall–Kier alpha value is -1.13. The summed E-state index contributed by atoms with van der Waals surface area (Å²) in [5.41, 5.74) is 2.31. The molecule has 0 aliphatic carbocycles. The van der Waals surface area contributed by atoms with Gasteiger partial charge in [-0.05, 0) is 44.9 Å². The van der Waals surface area contributed by atoms with E-state index < -0.39 is 0 Å². The molecule has 21 heavy (non-hydrogen) atoms. The Bertz CT molecular complexity index is 421. The quantitative estimate of drug-likeness (QED) is 0.837. The van der Waals surface area contributed by atoms with Gasteiger partial charge in [0.15, 0.2) is 0 Å². The Morgan fingerprint density at radius 3 is 2.76 bits per heavy atom. The number of rotatable bonds is 7. The highest BCUT2D eigenvalue weighted by Crippen LogP contribution is 2.25. The number of pyridine rings is 1. The SMILES string of the molecule is CCCNC(CC)c1ccc(N(C)C2CCOC2C)cn1. The van der Waals surface area contributed by atoms with Crippen LogP contribution in [-0.4, -0.2) is 37.3 Å². The summed E-state index contributed by atoms with van der Waals surface area (Å²) in [4.78, 5) is 6.98. The lowest BCUT2D eigenvalue weighted by Crippen LogP contribution is -2.36. The van der Waals surface area contributed by atoms with Gasteiger partial charge >= 0.3 is 0 Å². The van der Waals surface area contributed by atoms with Crippen molar-refractivity contribution < 1.29 is 4.74 Å². The highest BCUT2D eigenvalue weighted by atomic mass is 16.5. The van der Waals surface area contributed by atoms with Crippen LogP contribution in [0.15, 0.2) is 18.3 Å². The molecule has 0 spiro atoms. The van der Waals surface area contributed by atoms with Crippen LogP contribution in [0.25, 0.3) is 0 Å². The van der Waals surface area contributed by atoms with Gasteiger partial charge in [0, 0.05) is 19.7 Å². The van der Waals surface area contributed by atoms with E-state index in [-0.39, 0.29) is 0 Å². The Kier molecular flexibility index (Phi) is 6.00. The summed E-state index contributed by atoms with van der Waals surface area (Å²) in [6.45, 7) is 8.44. The van der Waals surface area contributed by atoms with E-state index in [1.54, 1.807) is 0 Å². The van der Waals surface area contributed by atoms with Crippen LogP contribution in [0.1, 0.15) is 51.8 Å². The molecule has 4 heteroatoms. The Morgan fingerprint density at radius 1 is 1.43 bits per heavy atom. The number of nitrogens with zero attached hydrogens (tertiary/aromatic N) is 2. The van der Waals surface area contributed by atoms with Crippen molar-refractivity contribution in [3.63, 3.8) is 0 Å². The van der Waals surface area contributed by atoms with Gasteiger partial charge in [-0.2, -0.15) is 0 Å². The van der Waals surface area contributed by atoms with E-state index in [4.69, 9.17) is 4.74 Å². The Balaban J connectivity index is 2.03. The maximum Gasteiger partial charge on any atom is 0.0750 e. The molecule has 1 aliphatic rings. The van der Waals surface area contributed by atoms with E-state index in [1.807, 2.05) is 6.20 Å². The largest absolute Gasteiger partial charge is 0.376 e. The zero-order chi connectivity index (χ0) is 15.2. The predicted octanol–water partition coefficient (Wildman–Crippen LogP) is 3.15. The summed E-state index contributed by atoms with van der Waals surface area (Å²) < 4.78 is 5.66. The van der Waals surface area contributed by atoms with E-state index in [0.29, 0.717) is 18.2 Å². The molecule has 0 saturated carbocycles. The number of nitrogens with one attached hydrogen (secondary N) is 1. The van der Waals surface area contributed by atoms with Crippen LogP contribution in [0.4, 0.5) is 5.69 Å². The van der Waals surface area contributed by atoms with Crippen molar-refractivity contribution >= 4 is 5.69 Å². The second-order valence-electron chi connectivity index (χ2n) is 5.90. The number of likely N-dealkylation sites (N-methyl/N-ethyl adjacent to an activating group) is 1. The normalized spacial score (nSPS) is 23.2. The molecule has 4 nitrogen and oxygen atoms in total. The molecule has 0 bridgehead atoms. The van der Waals surface area contributed by atoms with Crippen molar-refractivity contribution in [3.05, 3.63) is 24.0 Å². The van der Waals surface area contributed by atoms with Crippen molar-refractivity contribution in [2.45, 2.75) is 58.2 Å². The van der Waals surface area contributed by atoms with Crippen molar-refractivity contribution in [2.24, 2.45) is 0 Å². The summed E-state index contributed by atoms with van der Waals surface area (Å²) in [5, 5.41) is 3.55. The third-order valence-electron chi connectivity index (χ3n) is 4.42. The monoisotopic (exact) mass is 291 g/mol. The van der Waals surface area contributed by atoms with Crippen molar-refractivity contribution in [3.8, 4) is 0 Å². The molecule has 1 aliphatic heterocycles. The van der Waals surface area contributed by atoms with Gasteiger partial charge in [0.25, 0.3) is 0 Å². The topological polar surface area (TPSA) is 37.4 Å². The standard InChI is InChI=1S/C17H29N3O/c1-5-10-18-15(6-2)16-8-7-14(12-19-16)20(4)17-9-11-21-13(17)3/h7-8,12-13,15,17-18H,5-6,9-11H2,1-4H3. The highest BCUT2D eigenvalue weighted by Gasteiger charge is 2.28. The molecule has 0 aromatic carbocycles. The molecular weight excluding hydrogens is 262 g/mol. The van der Waals surface area contributed by atoms with Crippen LogP contribution < -0.4 is 10.2 Å². The molecule has 1 fully saturated rings. The summed E-state index contributed by atoms with van der Waals surface area (Å²) in [7, 11) is 2.14. The summed E-state index contributed by atoms with van der Waals surface area (Å²) in [6, 6.07) is 5.16. The van der Waals surface area contributed by atoms with Gasteiger partial charge < -0.3 is 15.0 Å². The first-order valence-electron chi connectivity index (χ1n) is 8.21. The minimum absolute atomic E-state index is 0.296. The van der Waals surface area contributed by atoms with Gasteiger partial charge in [0.05, 0.1) is 29.7 Å². The first-order chi connectivity index (χ1) is 10.2. The lowest BCUT2D eigenvalue weighted by Gasteiger charge is -2.28. The molecule has 118 valence electrons. The molecule has 3 atom stereocenters. The van der Waals surface area contributed by atoms with Crippen LogP contribution >= 0.6 is 0 Å². The number of aromatic nitrogens is 1. The van der Waals surface area contributed by atoms with E-state index in [2.05, 4.69) is 55.2 Å². The molecule has 1 aromatic heterocycles. The zero-order valence-electron chi connectivity index (χ0n) is 13.8. The molecule has 3 unspecified atom stereocenters. The molecular formula is C17H29N3O. The third kappa shape index (κ3) is 3.95. The van der Waals surface area contributed by atoms with Gasteiger partial charge in [-0.15, -0.1) is 0 Å². The fourth-order valence-electron chi connectivity index (χ4n) is 3.01. The van der Waals surface area contributed by atoms with Crippen LogP contribution in [-0.2, 0) is 4.74 Å². The molecule has 2 rings (SSSR count). The van der Waals surface area contributed by atoms with Crippen LogP contribution in [0.5, 0.6) is 0 Å². The fraction of sp³-hybridized carbons (Fsp3) is 0.706. The fourth-order valence-corrected chi connectivity index (χ4v) is 3.01. The smallest absolute Gasteiger partial charge is 0.0750 e. The average Bonchev–Trinajstić information content (AvgIpc) is 2.94. The van der Waals surface area contributed by atoms with Gasteiger partial charge in [0.2, 0.25) is 0 Å². The predicted molar refractivity (Wildman–Crippen MR) is 87.8 cm³/mol. The minimum atomic E-state index is 0.296. The van der Waals surface area contributed by atoms with Gasteiger partial charge in [-0.1, -0.05) is 13.8 Å². The van der Waals surface area contributed by atoms with Crippen LogP contribution in [0.3, 0.4) is 0 Å². The van der Waals surface area contributed by atoms with E-state index >= 15 is 0 Å². The second-order valence-corrected chi connectivity index (χ2v) is 5.90.